The van der Waals surface area contributed by atoms with Crippen molar-refractivity contribution in [3.8, 4) is 0 Å². The van der Waals surface area contributed by atoms with Gasteiger partial charge in [-0.15, -0.1) is 11.8 Å². The summed E-state index contributed by atoms with van der Waals surface area (Å²) < 4.78 is 0. The molecule has 43 heavy (non-hydrogen) atoms. The van der Waals surface area contributed by atoms with E-state index in [0.29, 0.717) is 22.0 Å². The predicted molar refractivity (Wildman–Crippen MR) is 176 cm³/mol. The highest BCUT2D eigenvalue weighted by atomic mass is 35.5. The molecule has 5 rings (SSSR count). The average molecular weight is 606 g/mol. The highest BCUT2D eigenvalue weighted by Gasteiger charge is 2.18. The lowest BCUT2D eigenvalue weighted by Crippen LogP contribution is -2.30. The second-order valence-electron chi connectivity index (χ2n) is 9.66. The summed E-state index contributed by atoms with van der Waals surface area (Å²) in [6.07, 6.45) is 1.68. The monoisotopic (exact) mass is 605 g/mol. The van der Waals surface area contributed by atoms with Gasteiger partial charge in [-0.05, 0) is 71.8 Å². The first-order valence-electron chi connectivity index (χ1n) is 13.6. The number of carbonyl (C=O) groups excluding carboxylic acids is 3. The smallest absolute Gasteiger partial charge is 0.272 e. The van der Waals surface area contributed by atoms with Gasteiger partial charge in [0, 0.05) is 16.1 Å². The van der Waals surface area contributed by atoms with Gasteiger partial charge in [0.2, 0.25) is 5.91 Å². The van der Waals surface area contributed by atoms with Crippen LogP contribution in [0.2, 0.25) is 5.02 Å². The van der Waals surface area contributed by atoms with E-state index in [1.54, 1.807) is 79.7 Å². The van der Waals surface area contributed by atoms with Crippen molar-refractivity contribution in [2.24, 2.45) is 0 Å². The summed E-state index contributed by atoms with van der Waals surface area (Å²) >= 11 is 7.53. The number of nitrogens with one attached hydrogen (secondary N) is 3. The fraction of sp³-hybridized carbons (Fsp3) is 0.0571. The number of hydrogen-bond acceptors (Lipinski definition) is 4. The van der Waals surface area contributed by atoms with Gasteiger partial charge in [-0.1, -0.05) is 90.5 Å². The van der Waals surface area contributed by atoms with E-state index in [1.807, 2.05) is 54.6 Å². The van der Waals surface area contributed by atoms with E-state index in [9.17, 15) is 14.4 Å². The van der Waals surface area contributed by atoms with Crippen LogP contribution >= 0.6 is 23.4 Å². The minimum absolute atomic E-state index is 0.0933. The second-order valence-corrected chi connectivity index (χ2v) is 11.5. The largest absolute Gasteiger partial charge is 0.324 e. The normalized spacial score (nSPS) is 11.9. The molecule has 0 saturated carbocycles. The van der Waals surface area contributed by atoms with E-state index < -0.39 is 17.1 Å². The molecule has 0 aliphatic rings. The predicted octanol–water partition coefficient (Wildman–Crippen LogP) is 8.02. The topological polar surface area (TPSA) is 87.3 Å². The number of amides is 3. The maximum atomic E-state index is 13.6. The van der Waals surface area contributed by atoms with Gasteiger partial charge in [0.15, 0.2) is 0 Å². The van der Waals surface area contributed by atoms with Crippen molar-refractivity contribution in [1.82, 2.24) is 5.32 Å². The molecule has 0 spiro atoms. The lowest BCUT2D eigenvalue weighted by atomic mass is 10.0. The molecule has 0 radical (unpaired) electrons. The summed E-state index contributed by atoms with van der Waals surface area (Å²) in [4.78, 5) is 40.3. The summed E-state index contributed by atoms with van der Waals surface area (Å²) in [5, 5.41) is 10.5. The van der Waals surface area contributed by atoms with Gasteiger partial charge >= 0.3 is 0 Å². The number of fused-ring (bicyclic) bond motifs is 1. The second kappa shape index (κ2) is 13.9. The zero-order valence-corrected chi connectivity index (χ0v) is 24.8. The molecule has 5 aromatic rings. The van der Waals surface area contributed by atoms with Crippen molar-refractivity contribution in [1.29, 1.82) is 0 Å². The molecule has 1 atom stereocenters. The number of rotatable bonds is 9. The van der Waals surface area contributed by atoms with Gasteiger partial charge in [0.25, 0.3) is 11.8 Å². The molecule has 0 aromatic heterocycles. The van der Waals surface area contributed by atoms with E-state index in [1.165, 1.54) is 11.8 Å². The zero-order chi connectivity index (χ0) is 30.2. The lowest BCUT2D eigenvalue weighted by molar-refractivity contribution is -0.115. The van der Waals surface area contributed by atoms with Crippen molar-refractivity contribution < 1.29 is 14.4 Å². The Kier molecular flexibility index (Phi) is 9.56. The molecular weight excluding hydrogens is 578 g/mol. The van der Waals surface area contributed by atoms with Crippen LogP contribution in [0.15, 0.2) is 132 Å². The Morgan fingerprint density at radius 2 is 1.47 bits per heavy atom. The number of anilines is 2. The van der Waals surface area contributed by atoms with E-state index in [4.69, 9.17) is 11.6 Å². The summed E-state index contributed by atoms with van der Waals surface area (Å²) in [5.41, 5.74) is 2.38. The van der Waals surface area contributed by atoms with Gasteiger partial charge in [-0.3, -0.25) is 14.4 Å². The fourth-order valence-electron chi connectivity index (χ4n) is 4.37. The molecule has 6 nitrogen and oxygen atoms in total. The molecule has 0 heterocycles. The summed E-state index contributed by atoms with van der Waals surface area (Å²) in [7, 11) is 0. The summed E-state index contributed by atoms with van der Waals surface area (Å²) in [5.74, 6) is -1.08. The number of benzene rings is 5. The Labute approximate surface area is 259 Å². The molecule has 0 saturated heterocycles. The van der Waals surface area contributed by atoms with Crippen LogP contribution < -0.4 is 16.0 Å². The first-order valence-corrected chi connectivity index (χ1v) is 14.8. The first-order chi connectivity index (χ1) is 20.9. The third kappa shape index (κ3) is 7.71. The molecule has 0 aliphatic heterocycles. The average Bonchev–Trinajstić information content (AvgIpc) is 3.02. The number of thioether (sulfide) groups is 1. The van der Waals surface area contributed by atoms with Crippen molar-refractivity contribution in [2.75, 3.05) is 10.6 Å². The van der Waals surface area contributed by atoms with E-state index in [0.717, 1.165) is 21.2 Å². The maximum absolute atomic E-state index is 13.6. The Balaban J connectivity index is 1.36. The molecular formula is C35H28ClN3O3S. The van der Waals surface area contributed by atoms with Crippen molar-refractivity contribution in [3.05, 3.63) is 143 Å². The lowest BCUT2D eigenvalue weighted by Gasteiger charge is -2.15. The fourth-order valence-corrected chi connectivity index (χ4v) is 5.48. The summed E-state index contributed by atoms with van der Waals surface area (Å²) in [6.45, 7) is 1.80. The van der Waals surface area contributed by atoms with E-state index in [2.05, 4.69) is 16.0 Å². The highest BCUT2D eigenvalue weighted by Crippen LogP contribution is 2.28. The highest BCUT2D eigenvalue weighted by molar-refractivity contribution is 8.00. The van der Waals surface area contributed by atoms with Gasteiger partial charge < -0.3 is 16.0 Å². The van der Waals surface area contributed by atoms with Crippen LogP contribution in [0, 0.1) is 0 Å². The number of hydrogen-bond donors (Lipinski definition) is 3. The van der Waals surface area contributed by atoms with Gasteiger partial charge in [0.05, 0.1) is 16.0 Å². The van der Waals surface area contributed by atoms with Crippen molar-refractivity contribution in [2.45, 2.75) is 17.1 Å². The van der Waals surface area contributed by atoms with Crippen molar-refractivity contribution in [3.63, 3.8) is 0 Å². The molecule has 0 fully saturated rings. The standard InChI is InChI=1S/C35H28ClN3O3S/c1-23(33(40)38-31-20-8-7-19-30(31)36)43-28-17-10-16-27(22-28)37-35(42)32(39-34(41)25-12-3-2-4-13-25)21-26-15-9-14-24-11-5-6-18-29(24)26/h2-23H,1H3,(H,37,42)(H,38,40)(H,39,41)/b32-21+. The maximum Gasteiger partial charge on any atom is 0.272 e. The van der Waals surface area contributed by atoms with Crippen molar-refractivity contribution >= 4 is 69.3 Å². The van der Waals surface area contributed by atoms with Crippen LogP contribution in [0.5, 0.6) is 0 Å². The third-order valence-corrected chi connectivity index (χ3v) is 7.98. The number of carbonyl (C=O) groups is 3. The molecule has 3 amide bonds. The minimum atomic E-state index is -0.483. The Bertz CT molecular complexity index is 1820. The minimum Gasteiger partial charge on any atom is -0.324 e. The molecule has 1 unspecified atom stereocenters. The van der Waals surface area contributed by atoms with E-state index in [-0.39, 0.29) is 11.6 Å². The quantitative estimate of drug-likeness (QED) is 0.117. The number of halogens is 1. The SMILES string of the molecule is CC(Sc1cccc(NC(=O)/C(=C\c2cccc3ccccc23)NC(=O)c2ccccc2)c1)C(=O)Nc1ccccc1Cl. The van der Waals surface area contributed by atoms with Crippen LogP contribution in [0.3, 0.4) is 0 Å². The van der Waals surface area contributed by atoms with Gasteiger partial charge in [0.1, 0.15) is 5.70 Å². The molecule has 5 aromatic carbocycles. The Morgan fingerprint density at radius 1 is 0.767 bits per heavy atom. The molecule has 214 valence electrons. The molecule has 8 heteroatoms. The number of para-hydroxylation sites is 1. The van der Waals surface area contributed by atoms with Crippen LogP contribution in [0.4, 0.5) is 11.4 Å². The Hall–Kier alpha value is -4.85. The van der Waals surface area contributed by atoms with Crippen LogP contribution in [0.25, 0.3) is 16.8 Å². The zero-order valence-electron chi connectivity index (χ0n) is 23.2. The van der Waals surface area contributed by atoms with E-state index >= 15 is 0 Å². The molecule has 0 aliphatic carbocycles. The third-order valence-electron chi connectivity index (χ3n) is 6.56. The van der Waals surface area contributed by atoms with Crippen LogP contribution in [-0.4, -0.2) is 23.0 Å². The molecule has 3 N–H and O–H groups in total. The molecule has 0 bridgehead atoms. The van der Waals surface area contributed by atoms with Gasteiger partial charge in [-0.25, -0.2) is 0 Å². The Morgan fingerprint density at radius 3 is 2.28 bits per heavy atom. The van der Waals surface area contributed by atoms with Crippen LogP contribution in [0.1, 0.15) is 22.8 Å². The summed E-state index contributed by atoms with van der Waals surface area (Å²) in [6, 6.07) is 36.6. The van der Waals surface area contributed by atoms with Crippen LogP contribution in [-0.2, 0) is 9.59 Å². The first kappa shape index (κ1) is 29.6. The van der Waals surface area contributed by atoms with Gasteiger partial charge in [-0.2, -0.15) is 0 Å².